The number of rotatable bonds is 5. The van der Waals surface area contributed by atoms with Crippen molar-refractivity contribution in [3.63, 3.8) is 0 Å². The molecule has 0 aliphatic carbocycles. The Labute approximate surface area is 195 Å². The van der Waals surface area contributed by atoms with Gasteiger partial charge in [0.2, 0.25) is 5.88 Å². The third-order valence-electron chi connectivity index (χ3n) is 5.56. The van der Waals surface area contributed by atoms with E-state index in [0.29, 0.717) is 54.8 Å². The van der Waals surface area contributed by atoms with Crippen molar-refractivity contribution >= 4 is 28.4 Å². The highest BCUT2D eigenvalue weighted by Crippen LogP contribution is 2.37. The van der Waals surface area contributed by atoms with Gasteiger partial charge >= 0.3 is 0 Å². The lowest BCUT2D eigenvalue weighted by atomic mass is 10.1. The van der Waals surface area contributed by atoms with Gasteiger partial charge < -0.3 is 24.5 Å². The molecule has 1 aliphatic rings. The number of H-pyrrole nitrogens is 1. The van der Waals surface area contributed by atoms with Crippen LogP contribution in [0.4, 0.5) is 17.5 Å². The summed E-state index contributed by atoms with van der Waals surface area (Å²) in [6.45, 7) is 2.25. The van der Waals surface area contributed by atoms with E-state index in [9.17, 15) is 10.4 Å². The number of nitrogens with zero attached hydrogens (tertiary/aromatic N) is 6. The molecule has 10 nitrogen and oxygen atoms in total. The maximum Gasteiger partial charge on any atom is 0.271 e. The molecule has 34 heavy (non-hydrogen) atoms. The van der Waals surface area contributed by atoms with Gasteiger partial charge in [-0.15, -0.1) is 10.2 Å². The highest BCUT2D eigenvalue weighted by atomic mass is 16.5. The highest BCUT2D eigenvalue weighted by molar-refractivity contribution is 5.94. The average molecular weight is 455 g/mol. The van der Waals surface area contributed by atoms with Crippen LogP contribution in [0.25, 0.3) is 22.2 Å². The normalized spacial score (nSPS) is 13.9. The Bertz CT molecular complexity index is 1400. The number of para-hydroxylation sites is 1. The fourth-order valence-electron chi connectivity index (χ4n) is 3.86. The quantitative estimate of drug-likeness (QED) is 0.425. The predicted molar refractivity (Wildman–Crippen MR) is 126 cm³/mol. The SMILES string of the molecule is COc1ccc(-c2nc(N=Nc3c(O)[nH]c4ccccc34)nc(N3CCOCC3)c2C#N)cc1. The molecular weight excluding hydrogens is 434 g/mol. The van der Waals surface area contributed by atoms with E-state index in [1.807, 2.05) is 41.3 Å². The third-order valence-corrected chi connectivity index (χ3v) is 5.56. The van der Waals surface area contributed by atoms with E-state index in [0.717, 1.165) is 16.5 Å². The van der Waals surface area contributed by atoms with E-state index in [1.54, 1.807) is 19.2 Å². The van der Waals surface area contributed by atoms with Gasteiger partial charge in [-0.1, -0.05) is 18.2 Å². The zero-order chi connectivity index (χ0) is 23.5. The zero-order valence-corrected chi connectivity index (χ0v) is 18.4. The molecule has 0 radical (unpaired) electrons. The first-order chi connectivity index (χ1) is 16.7. The van der Waals surface area contributed by atoms with Gasteiger partial charge in [0.1, 0.15) is 17.4 Å². The molecule has 170 valence electrons. The molecule has 10 heteroatoms. The molecule has 2 aromatic heterocycles. The van der Waals surface area contributed by atoms with Crippen molar-refractivity contribution in [2.75, 3.05) is 38.3 Å². The molecule has 4 aromatic rings. The molecule has 0 saturated carbocycles. The Balaban J connectivity index is 1.63. The molecule has 2 aromatic carbocycles. The highest BCUT2D eigenvalue weighted by Gasteiger charge is 2.23. The number of aromatic amines is 1. The standard InChI is InChI=1S/C24H21N7O3/c1-33-16-8-6-15(7-9-16)20-18(14-25)22(31-10-12-34-13-11-31)28-24(27-20)30-29-21-17-4-2-3-5-19(17)26-23(21)32/h2-9,26,32H,10-13H2,1H3. The van der Waals surface area contributed by atoms with Gasteiger partial charge in [0.15, 0.2) is 11.5 Å². The van der Waals surface area contributed by atoms with Crippen LogP contribution >= 0.6 is 0 Å². The molecule has 2 N–H and O–H groups in total. The molecule has 0 atom stereocenters. The Morgan fingerprint density at radius 2 is 1.85 bits per heavy atom. The largest absolute Gasteiger partial charge is 0.497 e. The van der Waals surface area contributed by atoms with Gasteiger partial charge in [-0.05, 0) is 30.3 Å². The molecule has 0 unspecified atom stereocenters. The van der Waals surface area contributed by atoms with E-state index in [4.69, 9.17) is 9.47 Å². The number of aromatic hydroxyl groups is 1. The first-order valence-electron chi connectivity index (χ1n) is 10.7. The second kappa shape index (κ2) is 9.17. The first-order valence-corrected chi connectivity index (χ1v) is 10.7. The van der Waals surface area contributed by atoms with Crippen LogP contribution in [0.2, 0.25) is 0 Å². The van der Waals surface area contributed by atoms with E-state index < -0.39 is 0 Å². The van der Waals surface area contributed by atoms with Gasteiger partial charge in [0, 0.05) is 24.0 Å². The number of morpholine rings is 1. The number of ether oxygens (including phenoxy) is 2. The minimum absolute atomic E-state index is 0.0796. The summed E-state index contributed by atoms with van der Waals surface area (Å²) in [6.07, 6.45) is 0. The summed E-state index contributed by atoms with van der Waals surface area (Å²) in [7, 11) is 1.59. The van der Waals surface area contributed by atoms with E-state index in [-0.39, 0.29) is 11.8 Å². The molecule has 3 heterocycles. The Kier molecular flexibility index (Phi) is 5.76. The predicted octanol–water partition coefficient (Wildman–Crippen LogP) is 4.46. The number of nitriles is 1. The summed E-state index contributed by atoms with van der Waals surface area (Å²) in [5, 5.41) is 29.5. The van der Waals surface area contributed by atoms with Gasteiger partial charge in [0.05, 0.1) is 31.5 Å². The van der Waals surface area contributed by atoms with Crippen LogP contribution in [0.1, 0.15) is 5.56 Å². The fraction of sp³-hybridized carbons (Fsp3) is 0.208. The lowest BCUT2D eigenvalue weighted by molar-refractivity contribution is 0.122. The Morgan fingerprint density at radius 3 is 2.59 bits per heavy atom. The number of hydrogen-bond donors (Lipinski definition) is 2. The molecule has 5 rings (SSSR count). The lowest BCUT2D eigenvalue weighted by Gasteiger charge is -2.28. The van der Waals surface area contributed by atoms with Crippen LogP contribution in [0.15, 0.2) is 58.8 Å². The number of anilines is 1. The van der Waals surface area contributed by atoms with Crippen LogP contribution in [0.5, 0.6) is 11.6 Å². The van der Waals surface area contributed by atoms with Crippen LogP contribution in [-0.2, 0) is 4.74 Å². The summed E-state index contributed by atoms with van der Waals surface area (Å²) in [4.78, 5) is 14.0. The summed E-state index contributed by atoms with van der Waals surface area (Å²) in [6, 6.07) is 16.9. The molecule has 0 amide bonds. The fourth-order valence-corrected chi connectivity index (χ4v) is 3.86. The maximum atomic E-state index is 10.3. The van der Waals surface area contributed by atoms with Crippen LogP contribution in [0, 0.1) is 11.3 Å². The van der Waals surface area contributed by atoms with Crippen LogP contribution in [0.3, 0.4) is 0 Å². The van der Waals surface area contributed by atoms with Gasteiger partial charge in [0.25, 0.3) is 5.95 Å². The lowest BCUT2D eigenvalue weighted by Crippen LogP contribution is -2.37. The van der Waals surface area contributed by atoms with E-state index in [2.05, 4.69) is 31.2 Å². The van der Waals surface area contributed by atoms with Gasteiger partial charge in [-0.25, -0.2) is 4.98 Å². The molecule has 1 saturated heterocycles. The maximum absolute atomic E-state index is 10.3. The second-order valence-electron chi connectivity index (χ2n) is 7.58. The summed E-state index contributed by atoms with van der Waals surface area (Å²) < 4.78 is 10.7. The summed E-state index contributed by atoms with van der Waals surface area (Å²) >= 11 is 0. The minimum Gasteiger partial charge on any atom is -0.497 e. The van der Waals surface area contributed by atoms with Crippen molar-refractivity contribution in [3.8, 4) is 29.0 Å². The number of nitrogens with one attached hydrogen (secondary N) is 1. The van der Waals surface area contributed by atoms with Crippen molar-refractivity contribution in [1.29, 1.82) is 5.26 Å². The van der Waals surface area contributed by atoms with E-state index >= 15 is 0 Å². The number of aromatic nitrogens is 3. The molecule has 1 aliphatic heterocycles. The average Bonchev–Trinajstić information content (AvgIpc) is 3.22. The third kappa shape index (κ3) is 4.00. The van der Waals surface area contributed by atoms with Crippen molar-refractivity contribution in [2.24, 2.45) is 10.2 Å². The van der Waals surface area contributed by atoms with Crippen molar-refractivity contribution in [1.82, 2.24) is 15.0 Å². The smallest absolute Gasteiger partial charge is 0.271 e. The minimum atomic E-state index is -0.0950. The molecular formula is C24H21N7O3. The van der Waals surface area contributed by atoms with Gasteiger partial charge in [-0.3, -0.25) is 0 Å². The number of azo groups is 1. The summed E-state index contributed by atoms with van der Waals surface area (Å²) in [5.41, 5.74) is 2.55. The topological polar surface area (TPSA) is 132 Å². The first kappa shape index (κ1) is 21.4. The zero-order valence-electron chi connectivity index (χ0n) is 18.4. The monoisotopic (exact) mass is 455 g/mol. The van der Waals surface area contributed by atoms with Crippen molar-refractivity contribution < 1.29 is 14.6 Å². The molecule has 0 bridgehead atoms. The molecule has 0 spiro atoms. The molecule has 1 fully saturated rings. The van der Waals surface area contributed by atoms with E-state index in [1.165, 1.54) is 0 Å². The Morgan fingerprint density at radius 1 is 1.09 bits per heavy atom. The van der Waals surface area contributed by atoms with Crippen LogP contribution < -0.4 is 9.64 Å². The van der Waals surface area contributed by atoms with Crippen molar-refractivity contribution in [2.45, 2.75) is 0 Å². The second-order valence-corrected chi connectivity index (χ2v) is 7.58. The Hall–Kier alpha value is -4.49. The number of benzene rings is 2. The van der Waals surface area contributed by atoms with Gasteiger partial charge in [-0.2, -0.15) is 10.2 Å². The van der Waals surface area contributed by atoms with Crippen LogP contribution in [-0.4, -0.2) is 53.5 Å². The number of hydrogen-bond acceptors (Lipinski definition) is 9. The summed E-state index contributed by atoms with van der Waals surface area (Å²) in [5.74, 6) is 1.15. The van der Waals surface area contributed by atoms with Crippen molar-refractivity contribution in [3.05, 3.63) is 54.1 Å². The number of methoxy groups -OCH3 is 1. The number of fused-ring (bicyclic) bond motifs is 1.